The largest absolute Gasteiger partial charge is 0.416 e. The zero-order valence-electron chi connectivity index (χ0n) is 8.80. The Morgan fingerprint density at radius 1 is 1.31 bits per heavy atom. The van der Waals surface area contributed by atoms with Crippen LogP contribution in [0, 0.1) is 0 Å². The summed E-state index contributed by atoms with van der Waals surface area (Å²) in [6.45, 7) is 0. The van der Waals surface area contributed by atoms with Crippen LogP contribution in [0.1, 0.15) is 5.56 Å². The second-order valence-electron chi connectivity index (χ2n) is 3.39. The number of halogens is 3. The fraction of sp³-hybridized carbons (Fsp3) is 0.300. The molecule has 0 heterocycles. The standard InChI is InChI=1S/C10H11F3N2O/c1-15(2)9-4-3-7(10(11,12)13)5-8(9)14-6-16/h3-6H,1-2H3,(H,14,16). The van der Waals surface area contributed by atoms with Crippen molar-refractivity contribution in [2.24, 2.45) is 0 Å². The van der Waals surface area contributed by atoms with E-state index in [2.05, 4.69) is 5.32 Å². The van der Waals surface area contributed by atoms with Gasteiger partial charge in [-0.1, -0.05) is 0 Å². The smallest absolute Gasteiger partial charge is 0.376 e. The van der Waals surface area contributed by atoms with Crippen LogP contribution in [-0.2, 0) is 11.0 Å². The summed E-state index contributed by atoms with van der Waals surface area (Å²) >= 11 is 0. The van der Waals surface area contributed by atoms with Gasteiger partial charge in [0.05, 0.1) is 16.9 Å². The van der Waals surface area contributed by atoms with Crippen molar-refractivity contribution in [3.63, 3.8) is 0 Å². The molecule has 16 heavy (non-hydrogen) atoms. The van der Waals surface area contributed by atoms with Crippen LogP contribution in [0.15, 0.2) is 18.2 Å². The number of nitrogens with one attached hydrogen (secondary N) is 1. The third-order valence-corrected chi connectivity index (χ3v) is 2.02. The Morgan fingerprint density at radius 3 is 2.38 bits per heavy atom. The second-order valence-corrected chi connectivity index (χ2v) is 3.39. The number of benzene rings is 1. The minimum absolute atomic E-state index is 0.134. The Labute approximate surface area is 90.9 Å². The van der Waals surface area contributed by atoms with E-state index >= 15 is 0 Å². The van der Waals surface area contributed by atoms with Crippen molar-refractivity contribution < 1.29 is 18.0 Å². The predicted octanol–water partition coefficient (Wildman–Crippen LogP) is 2.34. The molecule has 0 spiro atoms. The minimum Gasteiger partial charge on any atom is -0.376 e. The number of rotatable bonds is 3. The quantitative estimate of drug-likeness (QED) is 0.811. The van der Waals surface area contributed by atoms with Gasteiger partial charge in [0, 0.05) is 14.1 Å². The van der Waals surface area contributed by atoms with Gasteiger partial charge in [-0.25, -0.2) is 0 Å². The summed E-state index contributed by atoms with van der Waals surface area (Å²) in [7, 11) is 3.36. The number of carbonyl (C=O) groups is 1. The maximum Gasteiger partial charge on any atom is 0.416 e. The van der Waals surface area contributed by atoms with Crippen molar-refractivity contribution in [3.05, 3.63) is 23.8 Å². The molecule has 0 radical (unpaired) electrons. The van der Waals surface area contributed by atoms with E-state index in [9.17, 15) is 18.0 Å². The van der Waals surface area contributed by atoms with E-state index in [-0.39, 0.29) is 5.69 Å². The highest BCUT2D eigenvalue weighted by Crippen LogP contribution is 2.34. The van der Waals surface area contributed by atoms with Gasteiger partial charge in [0.2, 0.25) is 6.41 Å². The lowest BCUT2D eigenvalue weighted by atomic mass is 10.1. The molecule has 3 nitrogen and oxygen atoms in total. The second kappa shape index (κ2) is 4.42. The van der Waals surface area contributed by atoms with Gasteiger partial charge in [0.25, 0.3) is 0 Å². The van der Waals surface area contributed by atoms with E-state index in [1.165, 1.54) is 6.07 Å². The van der Waals surface area contributed by atoms with Gasteiger partial charge in [-0.2, -0.15) is 13.2 Å². The third-order valence-electron chi connectivity index (χ3n) is 2.02. The van der Waals surface area contributed by atoms with Crippen molar-refractivity contribution in [1.82, 2.24) is 0 Å². The summed E-state index contributed by atoms with van der Waals surface area (Å²) in [4.78, 5) is 11.9. The van der Waals surface area contributed by atoms with E-state index in [1.54, 1.807) is 19.0 Å². The normalized spacial score (nSPS) is 11.1. The summed E-state index contributed by atoms with van der Waals surface area (Å²) in [6, 6.07) is 3.20. The lowest BCUT2D eigenvalue weighted by molar-refractivity contribution is -0.137. The highest BCUT2D eigenvalue weighted by atomic mass is 19.4. The summed E-state index contributed by atoms with van der Waals surface area (Å²) in [5.41, 5.74) is -0.141. The van der Waals surface area contributed by atoms with Gasteiger partial charge in [-0.3, -0.25) is 4.79 Å². The first kappa shape index (κ1) is 12.4. The maximum absolute atomic E-state index is 12.4. The number of hydrogen-bond acceptors (Lipinski definition) is 2. The number of anilines is 2. The molecular weight excluding hydrogens is 221 g/mol. The summed E-state index contributed by atoms with van der Waals surface area (Å²) in [6.07, 6.45) is -4.06. The number of carbonyl (C=O) groups excluding carboxylic acids is 1. The minimum atomic E-state index is -4.41. The molecule has 0 saturated heterocycles. The number of amides is 1. The molecule has 88 valence electrons. The molecule has 1 N–H and O–H groups in total. The highest BCUT2D eigenvalue weighted by molar-refractivity contribution is 5.81. The lowest BCUT2D eigenvalue weighted by Crippen LogP contribution is -2.13. The highest BCUT2D eigenvalue weighted by Gasteiger charge is 2.31. The fourth-order valence-corrected chi connectivity index (χ4v) is 1.28. The molecule has 1 amide bonds. The van der Waals surface area contributed by atoms with Crippen LogP contribution in [0.4, 0.5) is 24.5 Å². The fourth-order valence-electron chi connectivity index (χ4n) is 1.28. The number of hydrogen-bond donors (Lipinski definition) is 1. The zero-order chi connectivity index (χ0) is 12.3. The molecule has 0 fully saturated rings. The molecule has 0 aliphatic carbocycles. The molecular formula is C10H11F3N2O. The number of nitrogens with zero attached hydrogens (tertiary/aromatic N) is 1. The molecule has 0 saturated carbocycles. The Bertz CT molecular complexity index is 388. The monoisotopic (exact) mass is 232 g/mol. The Hall–Kier alpha value is -1.72. The first-order valence-electron chi connectivity index (χ1n) is 4.45. The summed E-state index contributed by atoms with van der Waals surface area (Å²) < 4.78 is 37.2. The van der Waals surface area contributed by atoms with E-state index in [0.29, 0.717) is 12.1 Å². The number of alkyl halides is 3. The van der Waals surface area contributed by atoms with Crippen molar-refractivity contribution in [2.75, 3.05) is 24.3 Å². The predicted molar refractivity (Wildman–Crippen MR) is 55.5 cm³/mol. The first-order chi connectivity index (χ1) is 7.36. The maximum atomic E-state index is 12.4. The third kappa shape index (κ3) is 2.65. The van der Waals surface area contributed by atoms with Crippen LogP contribution < -0.4 is 10.2 Å². The molecule has 0 bridgehead atoms. The van der Waals surface area contributed by atoms with Gasteiger partial charge in [0.1, 0.15) is 0 Å². The van der Waals surface area contributed by atoms with Crippen molar-refractivity contribution in [1.29, 1.82) is 0 Å². The average molecular weight is 232 g/mol. The summed E-state index contributed by atoms with van der Waals surface area (Å²) in [5.74, 6) is 0. The molecule has 1 aromatic carbocycles. The molecule has 6 heteroatoms. The molecule has 0 aliphatic heterocycles. The topological polar surface area (TPSA) is 32.3 Å². The van der Waals surface area contributed by atoms with E-state index in [4.69, 9.17) is 0 Å². The van der Waals surface area contributed by atoms with Crippen LogP contribution in [0.25, 0.3) is 0 Å². The first-order valence-corrected chi connectivity index (χ1v) is 4.45. The van der Waals surface area contributed by atoms with Crippen molar-refractivity contribution in [2.45, 2.75) is 6.18 Å². The van der Waals surface area contributed by atoms with Gasteiger partial charge in [-0.15, -0.1) is 0 Å². The molecule has 0 aliphatic rings. The molecule has 0 atom stereocenters. The zero-order valence-corrected chi connectivity index (χ0v) is 8.80. The molecule has 1 aromatic rings. The Morgan fingerprint density at radius 2 is 1.94 bits per heavy atom. The van der Waals surface area contributed by atoms with E-state index in [1.807, 2.05) is 0 Å². The molecule has 1 rings (SSSR count). The van der Waals surface area contributed by atoms with E-state index in [0.717, 1.165) is 12.1 Å². The van der Waals surface area contributed by atoms with Crippen molar-refractivity contribution >= 4 is 17.8 Å². The van der Waals surface area contributed by atoms with Crippen LogP contribution >= 0.6 is 0 Å². The molecule has 0 unspecified atom stereocenters. The van der Waals surface area contributed by atoms with Gasteiger partial charge < -0.3 is 10.2 Å². The van der Waals surface area contributed by atoms with Crippen LogP contribution in [0.3, 0.4) is 0 Å². The lowest BCUT2D eigenvalue weighted by Gasteiger charge is -2.18. The van der Waals surface area contributed by atoms with Crippen LogP contribution in [-0.4, -0.2) is 20.5 Å². The van der Waals surface area contributed by atoms with Gasteiger partial charge >= 0.3 is 6.18 Å². The Kier molecular flexibility index (Phi) is 3.41. The van der Waals surface area contributed by atoms with Crippen molar-refractivity contribution in [3.8, 4) is 0 Å². The van der Waals surface area contributed by atoms with Crippen LogP contribution in [0.5, 0.6) is 0 Å². The Balaban J connectivity index is 3.22. The average Bonchev–Trinajstić information content (AvgIpc) is 2.16. The van der Waals surface area contributed by atoms with Gasteiger partial charge in [-0.05, 0) is 18.2 Å². The summed E-state index contributed by atoms with van der Waals surface area (Å²) in [5, 5.41) is 2.25. The van der Waals surface area contributed by atoms with E-state index < -0.39 is 11.7 Å². The van der Waals surface area contributed by atoms with Crippen LogP contribution in [0.2, 0.25) is 0 Å². The molecule has 0 aromatic heterocycles. The van der Waals surface area contributed by atoms with Gasteiger partial charge in [0.15, 0.2) is 0 Å². The SMILES string of the molecule is CN(C)c1ccc(C(F)(F)F)cc1NC=O.